The minimum atomic E-state index is -4.77. The largest absolute Gasteiger partial charge is 0.603 e. The van der Waals surface area contributed by atoms with Crippen molar-refractivity contribution in [1.82, 2.24) is 4.90 Å². The number of carboxylic acid groups (broad SMARTS) is 1. The van der Waals surface area contributed by atoms with Gasteiger partial charge in [0, 0.05) is 5.92 Å². The van der Waals surface area contributed by atoms with Gasteiger partial charge in [-0.3, -0.25) is 9.69 Å². The minimum absolute atomic E-state index is 0.162. The molecule has 2 N–H and O–H groups in total. The number of phosphoric acid groups is 1. The topological polar surface area (TPSA) is 141 Å². The van der Waals surface area contributed by atoms with E-state index < -0.39 is 49.4 Å². The molecule has 1 amide bonds. The molecule has 4 atom stereocenters. The summed E-state index contributed by atoms with van der Waals surface area (Å²) in [7, 11) is -4.77. The Morgan fingerprint density at radius 2 is 1.50 bits per heavy atom. The van der Waals surface area contributed by atoms with E-state index in [1.807, 2.05) is 0 Å². The number of hydrogen-bond donors (Lipinski definition) is 2. The summed E-state index contributed by atoms with van der Waals surface area (Å²) >= 11 is 0. The fourth-order valence-electron chi connectivity index (χ4n) is 3.93. The van der Waals surface area contributed by atoms with Crippen LogP contribution >= 0.6 is 7.82 Å². The molecule has 2 aliphatic rings. The highest BCUT2D eigenvalue weighted by Crippen LogP contribution is 2.57. The predicted molar refractivity (Wildman–Crippen MR) is 115 cm³/mol. The first kappa shape index (κ1) is 23.8. The first-order chi connectivity index (χ1) is 16.2. The van der Waals surface area contributed by atoms with E-state index in [1.165, 1.54) is 31.2 Å². The molecule has 0 radical (unpaired) electrons. The second kappa shape index (κ2) is 9.47. The van der Waals surface area contributed by atoms with Gasteiger partial charge in [0.25, 0.3) is 0 Å². The fourth-order valence-corrected chi connectivity index (χ4v) is 4.87. The van der Waals surface area contributed by atoms with Gasteiger partial charge in [-0.05, 0) is 31.2 Å². The summed E-state index contributed by atoms with van der Waals surface area (Å²) in [5, 5.41) is 19.7. The normalized spacial score (nSPS) is 22.6. The zero-order chi connectivity index (χ0) is 24.5. The number of nitrogens with zero attached hydrogens (tertiary/aromatic N) is 1. The zero-order valence-electron chi connectivity index (χ0n) is 18.1. The van der Waals surface area contributed by atoms with E-state index >= 15 is 0 Å². The molecule has 0 spiro atoms. The van der Waals surface area contributed by atoms with Crippen molar-refractivity contribution in [2.24, 2.45) is 11.8 Å². The summed E-state index contributed by atoms with van der Waals surface area (Å²) in [6.45, 7) is 3.01. The van der Waals surface area contributed by atoms with E-state index in [0.29, 0.717) is 0 Å². The maximum absolute atomic E-state index is 13.5. The third-order valence-electron chi connectivity index (χ3n) is 5.46. The van der Waals surface area contributed by atoms with Crippen LogP contribution in [0.2, 0.25) is 0 Å². The number of aliphatic carboxylic acids is 1. The number of carbonyl (C=O) groups excluding carboxylic acids is 1. The maximum Gasteiger partial charge on any atom is 0.603 e. The van der Waals surface area contributed by atoms with Gasteiger partial charge in [0.05, 0.1) is 18.1 Å². The number of para-hydroxylation sites is 2. The van der Waals surface area contributed by atoms with Gasteiger partial charge in [0.15, 0.2) is 17.2 Å². The van der Waals surface area contributed by atoms with Crippen LogP contribution in [-0.2, 0) is 28.0 Å². The summed E-state index contributed by atoms with van der Waals surface area (Å²) < 4.78 is 28.9. The lowest BCUT2D eigenvalue weighted by Gasteiger charge is -2.45. The van der Waals surface area contributed by atoms with E-state index in [0.717, 1.165) is 4.90 Å². The molecule has 2 heterocycles. The lowest BCUT2D eigenvalue weighted by molar-refractivity contribution is -0.190. The lowest BCUT2D eigenvalue weighted by Crippen LogP contribution is -2.63. The number of amides is 1. The summed E-state index contributed by atoms with van der Waals surface area (Å²) in [6, 6.07) is 15.4. The molecule has 2 aromatic carbocycles. The molecule has 2 aliphatic heterocycles. The number of rotatable bonds is 10. The second-order valence-electron chi connectivity index (χ2n) is 7.75. The molecule has 0 saturated carbocycles. The van der Waals surface area contributed by atoms with Gasteiger partial charge in [0.2, 0.25) is 5.91 Å². The van der Waals surface area contributed by atoms with Crippen molar-refractivity contribution >= 4 is 19.7 Å². The zero-order valence-corrected chi connectivity index (χ0v) is 19.0. The van der Waals surface area contributed by atoms with E-state index in [4.69, 9.17) is 23.6 Å². The lowest BCUT2D eigenvalue weighted by atomic mass is 9.79. The smallest absolute Gasteiger partial charge is 0.476 e. The van der Waals surface area contributed by atoms with Gasteiger partial charge in [0.1, 0.15) is 5.76 Å². The Bertz CT molecular complexity index is 1090. The molecule has 1 saturated heterocycles. The van der Waals surface area contributed by atoms with Crippen LogP contribution in [-0.4, -0.2) is 39.1 Å². The Kier molecular flexibility index (Phi) is 6.63. The number of hydrogen-bond acceptors (Lipinski definition) is 9. The molecular formula is C22H22NO10P. The van der Waals surface area contributed by atoms with Crippen molar-refractivity contribution in [2.75, 3.05) is 0 Å². The van der Waals surface area contributed by atoms with Crippen LogP contribution in [0, 0.1) is 11.8 Å². The number of aliphatic hydroxyl groups excluding tert-OH is 1. The van der Waals surface area contributed by atoms with Gasteiger partial charge in [-0.25, -0.2) is 9.36 Å². The summed E-state index contributed by atoms with van der Waals surface area (Å²) in [6.07, 6.45) is -1.02. The van der Waals surface area contributed by atoms with Crippen molar-refractivity contribution in [3.8, 4) is 11.5 Å². The van der Waals surface area contributed by atoms with E-state index in [-0.39, 0.29) is 17.3 Å². The van der Waals surface area contributed by atoms with E-state index in [9.17, 15) is 24.4 Å². The molecule has 4 rings (SSSR count). The van der Waals surface area contributed by atoms with E-state index in [2.05, 4.69) is 0 Å². The fraction of sp³-hybridized carbons (Fsp3) is 0.273. The Morgan fingerprint density at radius 1 is 1.00 bits per heavy atom. The van der Waals surface area contributed by atoms with Crippen molar-refractivity contribution < 1.29 is 48.0 Å². The van der Waals surface area contributed by atoms with Gasteiger partial charge in [-0.15, -0.1) is 0 Å². The molecule has 1 fully saturated rings. The van der Waals surface area contributed by atoms with Crippen LogP contribution in [0.4, 0.5) is 0 Å². The maximum atomic E-state index is 13.5. The standard InChI is InChI=1S/C22H22NO10P/c1-13-18-17(14(2)24)21(25)23(18)19(22(26)27)20(13)31-34(28,32-29-15-9-5-3-6-10-15)33-30-16-11-7-4-8-12-16/h3-14,17-18,24H,1-2H3,(H,26,27)/t13-,14-,17-,18+/m1/s1. The highest BCUT2D eigenvalue weighted by molar-refractivity contribution is 7.48. The van der Waals surface area contributed by atoms with Gasteiger partial charge >= 0.3 is 13.8 Å². The number of aliphatic hydroxyl groups is 1. The SMILES string of the molecule is C[C@@H](O)[C@H]1C(=O)N2C(C(=O)O)=C(OP(=O)(OOc3ccccc3)OOc3ccccc3)[C@H](C)[C@@H]12. The number of benzene rings is 2. The Hall–Kier alpha value is -3.37. The molecule has 0 aromatic heterocycles. The van der Waals surface area contributed by atoms with Crippen molar-refractivity contribution in [3.63, 3.8) is 0 Å². The Balaban J connectivity index is 1.62. The van der Waals surface area contributed by atoms with Crippen LogP contribution in [0.1, 0.15) is 13.8 Å². The third kappa shape index (κ3) is 4.51. The first-order valence-corrected chi connectivity index (χ1v) is 11.8. The molecule has 0 aliphatic carbocycles. The number of fused-ring (bicyclic) bond motifs is 1. The molecule has 180 valence electrons. The van der Waals surface area contributed by atoms with Crippen molar-refractivity contribution in [3.05, 3.63) is 72.1 Å². The monoisotopic (exact) mass is 491 g/mol. The summed E-state index contributed by atoms with van der Waals surface area (Å²) in [4.78, 5) is 35.6. The van der Waals surface area contributed by atoms with Gasteiger partial charge in [-0.1, -0.05) is 52.7 Å². The highest BCUT2D eigenvalue weighted by Gasteiger charge is 2.62. The molecule has 11 nitrogen and oxygen atoms in total. The van der Waals surface area contributed by atoms with Crippen LogP contribution in [0.25, 0.3) is 0 Å². The average molecular weight is 491 g/mol. The van der Waals surface area contributed by atoms with Crippen LogP contribution in [0.3, 0.4) is 0 Å². The third-order valence-corrected chi connectivity index (χ3v) is 6.39. The second-order valence-corrected chi connectivity index (χ2v) is 9.13. The highest BCUT2D eigenvalue weighted by atomic mass is 31.2. The molecule has 12 heteroatoms. The van der Waals surface area contributed by atoms with Gasteiger partial charge in [-0.2, -0.15) is 0 Å². The predicted octanol–water partition coefficient (Wildman–Crippen LogP) is 3.29. The van der Waals surface area contributed by atoms with Crippen molar-refractivity contribution in [1.29, 1.82) is 0 Å². The summed E-state index contributed by atoms with van der Waals surface area (Å²) in [5.41, 5.74) is -0.522. The first-order valence-electron chi connectivity index (χ1n) is 10.3. The molecule has 0 unspecified atom stereocenters. The van der Waals surface area contributed by atoms with Crippen LogP contribution in [0.5, 0.6) is 11.5 Å². The van der Waals surface area contributed by atoms with Crippen LogP contribution < -0.4 is 9.78 Å². The molecular weight excluding hydrogens is 469 g/mol. The average Bonchev–Trinajstić information content (AvgIpc) is 3.06. The van der Waals surface area contributed by atoms with Crippen molar-refractivity contribution in [2.45, 2.75) is 26.0 Å². The Morgan fingerprint density at radius 3 is 1.94 bits per heavy atom. The van der Waals surface area contributed by atoms with Gasteiger partial charge < -0.3 is 24.5 Å². The number of β-lactam (4-membered cyclic amide) rings is 1. The molecule has 2 aromatic rings. The quantitative estimate of drug-likeness (QED) is 0.220. The number of carbonyl (C=O) groups is 2. The molecule has 34 heavy (non-hydrogen) atoms. The van der Waals surface area contributed by atoms with E-state index in [1.54, 1.807) is 43.3 Å². The Labute approximate surface area is 194 Å². The number of carboxylic acids is 1. The van der Waals surface area contributed by atoms with Crippen LogP contribution in [0.15, 0.2) is 72.1 Å². The summed E-state index contributed by atoms with van der Waals surface area (Å²) in [5.74, 6) is -3.66. The minimum Gasteiger partial charge on any atom is -0.476 e. The molecule has 0 bridgehead atoms.